The van der Waals surface area contributed by atoms with Gasteiger partial charge in [0.15, 0.2) is 5.16 Å². The number of nitrogens with zero attached hydrogens (tertiary/aromatic N) is 4. The van der Waals surface area contributed by atoms with E-state index >= 15 is 0 Å². The lowest BCUT2D eigenvalue weighted by Crippen LogP contribution is -2.11. The summed E-state index contributed by atoms with van der Waals surface area (Å²) in [6, 6.07) is 2.22. The van der Waals surface area contributed by atoms with Crippen molar-refractivity contribution in [2.45, 2.75) is 44.3 Å². The molecule has 0 saturated carbocycles. The molecule has 0 amide bonds. The molecule has 0 aromatic carbocycles. The first-order valence-electron chi connectivity index (χ1n) is 5.80. The molecule has 98 valence electrons. The smallest absolute Gasteiger partial charge is 0.191 e. The lowest BCUT2D eigenvalue weighted by molar-refractivity contribution is 0.393. The van der Waals surface area contributed by atoms with Gasteiger partial charge >= 0.3 is 0 Å². The van der Waals surface area contributed by atoms with E-state index < -0.39 is 0 Å². The number of rotatable bonds is 5. The van der Waals surface area contributed by atoms with E-state index in [1.807, 2.05) is 13.0 Å². The van der Waals surface area contributed by atoms with Crippen LogP contribution >= 0.6 is 11.8 Å². The number of nitrogens with two attached hydrogens (primary N) is 1. The van der Waals surface area contributed by atoms with Crippen molar-refractivity contribution in [3.63, 3.8) is 0 Å². The fourth-order valence-corrected chi connectivity index (χ4v) is 2.66. The van der Waals surface area contributed by atoms with Crippen LogP contribution in [0, 0.1) is 6.92 Å². The minimum absolute atomic E-state index is 0.292. The third kappa shape index (κ3) is 2.73. The average Bonchev–Trinajstić information content (AvgIpc) is 2.92. The first kappa shape index (κ1) is 13.1. The van der Waals surface area contributed by atoms with Gasteiger partial charge in [-0.1, -0.05) is 16.9 Å². The van der Waals surface area contributed by atoms with Crippen molar-refractivity contribution in [3.8, 4) is 0 Å². The van der Waals surface area contributed by atoms with Gasteiger partial charge < -0.3 is 14.8 Å². The van der Waals surface area contributed by atoms with Gasteiger partial charge in [0.1, 0.15) is 11.6 Å². The summed E-state index contributed by atoms with van der Waals surface area (Å²) in [6.45, 7) is 6.46. The van der Waals surface area contributed by atoms with E-state index in [0.717, 1.165) is 22.4 Å². The molecule has 0 fully saturated rings. The van der Waals surface area contributed by atoms with Crippen molar-refractivity contribution in [1.82, 2.24) is 19.9 Å². The van der Waals surface area contributed by atoms with Gasteiger partial charge in [0.2, 0.25) is 0 Å². The minimum Gasteiger partial charge on any atom is -0.361 e. The van der Waals surface area contributed by atoms with Crippen LogP contribution in [0.4, 0.5) is 0 Å². The van der Waals surface area contributed by atoms with Crippen molar-refractivity contribution < 1.29 is 4.52 Å². The Kier molecular flexibility index (Phi) is 4.03. The van der Waals surface area contributed by atoms with E-state index in [4.69, 9.17) is 10.3 Å². The van der Waals surface area contributed by atoms with E-state index in [1.165, 1.54) is 0 Å². The number of hydrogen-bond donors (Lipinski definition) is 1. The summed E-state index contributed by atoms with van der Waals surface area (Å²) in [5.41, 5.74) is 6.56. The Morgan fingerprint density at radius 2 is 2.22 bits per heavy atom. The lowest BCUT2D eigenvalue weighted by atomic mass is 10.4. The van der Waals surface area contributed by atoms with Gasteiger partial charge in [-0.15, -0.1) is 10.2 Å². The predicted octanol–water partition coefficient (Wildman–Crippen LogP) is 1.91. The van der Waals surface area contributed by atoms with E-state index in [2.05, 4.69) is 33.8 Å². The van der Waals surface area contributed by atoms with Crippen LogP contribution in [0.1, 0.15) is 37.2 Å². The zero-order chi connectivity index (χ0) is 13.1. The summed E-state index contributed by atoms with van der Waals surface area (Å²) in [7, 11) is 0. The van der Waals surface area contributed by atoms with Crippen molar-refractivity contribution in [1.29, 1.82) is 0 Å². The summed E-state index contributed by atoms with van der Waals surface area (Å²) in [5.74, 6) is 2.34. The van der Waals surface area contributed by atoms with Gasteiger partial charge in [0.25, 0.3) is 0 Å². The molecule has 2 heterocycles. The zero-order valence-electron chi connectivity index (χ0n) is 10.8. The Labute approximate surface area is 110 Å². The van der Waals surface area contributed by atoms with Crippen LogP contribution in [0.3, 0.4) is 0 Å². The molecule has 7 heteroatoms. The van der Waals surface area contributed by atoms with Gasteiger partial charge in [0, 0.05) is 17.9 Å². The van der Waals surface area contributed by atoms with Crippen molar-refractivity contribution in [2.24, 2.45) is 5.73 Å². The molecule has 2 rings (SSSR count). The molecule has 0 aliphatic heterocycles. The maximum Gasteiger partial charge on any atom is 0.191 e. The highest BCUT2D eigenvalue weighted by molar-refractivity contribution is 7.98. The number of hydrogen-bond acceptors (Lipinski definition) is 6. The Morgan fingerprint density at radius 3 is 2.78 bits per heavy atom. The summed E-state index contributed by atoms with van der Waals surface area (Å²) in [4.78, 5) is 0. The largest absolute Gasteiger partial charge is 0.361 e. The van der Waals surface area contributed by atoms with E-state index in [-0.39, 0.29) is 0 Å². The first-order chi connectivity index (χ1) is 8.61. The first-order valence-corrected chi connectivity index (χ1v) is 6.79. The zero-order valence-corrected chi connectivity index (χ0v) is 11.6. The minimum atomic E-state index is 0.292. The van der Waals surface area contributed by atoms with Gasteiger partial charge in [0.05, 0.1) is 12.2 Å². The fraction of sp³-hybridized carbons (Fsp3) is 0.545. The Morgan fingerprint density at radius 1 is 1.44 bits per heavy atom. The van der Waals surface area contributed by atoms with Crippen molar-refractivity contribution in [3.05, 3.63) is 23.3 Å². The van der Waals surface area contributed by atoms with Crippen LogP contribution in [0.2, 0.25) is 0 Å². The van der Waals surface area contributed by atoms with Gasteiger partial charge in [-0.3, -0.25) is 0 Å². The van der Waals surface area contributed by atoms with E-state index in [9.17, 15) is 0 Å². The fourth-order valence-electron chi connectivity index (χ4n) is 1.69. The molecule has 2 aromatic heterocycles. The molecule has 2 N–H and O–H groups in total. The molecule has 0 aliphatic carbocycles. The summed E-state index contributed by atoms with van der Waals surface area (Å²) in [6.07, 6.45) is 0. The molecule has 0 saturated heterocycles. The third-order valence-electron chi connectivity index (χ3n) is 2.46. The third-order valence-corrected chi connectivity index (χ3v) is 3.44. The quantitative estimate of drug-likeness (QED) is 0.833. The normalized spacial score (nSPS) is 11.4. The van der Waals surface area contributed by atoms with Gasteiger partial charge in [-0.2, -0.15) is 0 Å². The van der Waals surface area contributed by atoms with Crippen LogP contribution in [0.5, 0.6) is 0 Å². The van der Waals surface area contributed by atoms with Crippen molar-refractivity contribution >= 4 is 11.8 Å². The summed E-state index contributed by atoms with van der Waals surface area (Å²) in [5, 5.41) is 13.1. The van der Waals surface area contributed by atoms with E-state index in [1.54, 1.807) is 11.8 Å². The highest BCUT2D eigenvalue weighted by Gasteiger charge is 2.14. The second-order valence-electron chi connectivity index (χ2n) is 4.28. The Bertz CT molecular complexity index is 519. The number of aromatic nitrogens is 4. The average molecular weight is 267 g/mol. The van der Waals surface area contributed by atoms with Crippen LogP contribution < -0.4 is 5.73 Å². The maximum absolute atomic E-state index is 5.65. The maximum atomic E-state index is 5.65. The van der Waals surface area contributed by atoms with E-state index in [0.29, 0.717) is 18.3 Å². The van der Waals surface area contributed by atoms with Crippen LogP contribution in [0.15, 0.2) is 15.7 Å². The van der Waals surface area contributed by atoms with Crippen LogP contribution in [-0.4, -0.2) is 19.9 Å². The molecular weight excluding hydrogens is 250 g/mol. The number of thioether (sulfide) groups is 1. The van der Waals surface area contributed by atoms with Crippen molar-refractivity contribution in [2.75, 3.05) is 0 Å². The Balaban J connectivity index is 2.11. The van der Waals surface area contributed by atoms with Gasteiger partial charge in [-0.05, 0) is 20.8 Å². The molecular formula is C11H17N5OS. The molecule has 0 atom stereocenters. The predicted molar refractivity (Wildman–Crippen MR) is 69.1 cm³/mol. The highest BCUT2D eigenvalue weighted by Crippen LogP contribution is 2.24. The summed E-state index contributed by atoms with van der Waals surface area (Å²) >= 11 is 1.59. The lowest BCUT2D eigenvalue weighted by Gasteiger charge is -2.12. The van der Waals surface area contributed by atoms with Gasteiger partial charge in [-0.25, -0.2) is 0 Å². The van der Waals surface area contributed by atoms with Crippen LogP contribution in [0.25, 0.3) is 0 Å². The standard InChI is InChI=1S/C11H17N5OS/c1-7(2)16-10(5-12)13-14-11(16)18-6-9-4-8(3)17-15-9/h4,7H,5-6,12H2,1-3H3. The molecule has 6 nitrogen and oxygen atoms in total. The van der Waals surface area contributed by atoms with Crippen LogP contribution in [-0.2, 0) is 12.3 Å². The molecule has 0 bridgehead atoms. The topological polar surface area (TPSA) is 82.8 Å². The SMILES string of the molecule is Cc1cc(CSc2nnc(CN)n2C(C)C)no1. The number of aryl methyl sites for hydroxylation is 1. The molecule has 2 aromatic rings. The molecule has 18 heavy (non-hydrogen) atoms. The molecule has 0 aliphatic rings. The molecule has 0 spiro atoms. The molecule has 0 unspecified atom stereocenters. The summed E-state index contributed by atoms with van der Waals surface area (Å²) < 4.78 is 7.08. The Hall–Kier alpha value is -1.34. The second kappa shape index (κ2) is 5.53. The second-order valence-corrected chi connectivity index (χ2v) is 5.23. The highest BCUT2D eigenvalue weighted by atomic mass is 32.2. The monoisotopic (exact) mass is 267 g/mol. The molecule has 0 radical (unpaired) electrons.